The number of methoxy groups -OCH3 is 2. The molecule has 0 fully saturated rings. The smallest absolute Gasteiger partial charge is 0.162 e. The minimum atomic E-state index is 0.578. The minimum Gasteiger partial charge on any atom is -0.493 e. The van der Waals surface area contributed by atoms with E-state index in [9.17, 15) is 0 Å². The topological polar surface area (TPSA) is 44.2 Å². The summed E-state index contributed by atoms with van der Waals surface area (Å²) in [5.41, 5.74) is 0.819. The highest BCUT2D eigenvalue weighted by Gasteiger charge is 2.14. The molecule has 1 aromatic heterocycles. The van der Waals surface area contributed by atoms with Crippen LogP contribution in [0.3, 0.4) is 0 Å². The fraction of sp³-hybridized carbons (Fsp3) is 0.167. The lowest BCUT2D eigenvalue weighted by atomic mass is 10.2. The lowest BCUT2D eigenvalue weighted by molar-refractivity contribution is 0.355. The normalized spacial score (nSPS) is 10.4. The molecule has 2 rings (SSSR count). The zero-order chi connectivity index (χ0) is 14.0. The fourth-order valence-corrected chi connectivity index (χ4v) is 3.11. The Balaban J connectivity index is 2.61. The van der Waals surface area contributed by atoms with Crippen molar-refractivity contribution < 1.29 is 9.47 Å². The molecule has 0 saturated heterocycles. The van der Waals surface area contributed by atoms with Crippen molar-refractivity contribution in [3.8, 4) is 22.9 Å². The maximum absolute atomic E-state index is 5.29. The quantitative estimate of drug-likeness (QED) is 0.645. The van der Waals surface area contributed by atoms with E-state index in [-0.39, 0.29) is 0 Å². The van der Waals surface area contributed by atoms with Gasteiger partial charge in [-0.25, -0.2) is 9.97 Å². The van der Waals surface area contributed by atoms with E-state index < -0.39 is 0 Å². The molecule has 0 radical (unpaired) electrons. The van der Waals surface area contributed by atoms with Crippen LogP contribution in [0.25, 0.3) is 11.4 Å². The Morgan fingerprint density at radius 3 is 1.89 bits per heavy atom. The van der Waals surface area contributed by atoms with Gasteiger partial charge in [0.05, 0.1) is 14.2 Å². The molecule has 4 nitrogen and oxygen atoms in total. The third-order valence-corrected chi connectivity index (χ3v) is 3.85. The van der Waals surface area contributed by atoms with Gasteiger partial charge >= 0.3 is 0 Å². The predicted molar refractivity (Wildman–Crippen MR) is 83.7 cm³/mol. The standard InChI is InChI=1S/C12H9Br3N2O2/c1-18-8-3-6(7(13)4-9(8)19-2)12-16-10(14)5-11(15)17-12/h3-5H,1-2H3. The summed E-state index contributed by atoms with van der Waals surface area (Å²) < 4.78 is 12.8. The van der Waals surface area contributed by atoms with Gasteiger partial charge in [0, 0.05) is 16.1 Å². The maximum atomic E-state index is 5.29. The van der Waals surface area contributed by atoms with Gasteiger partial charge in [-0.1, -0.05) is 0 Å². The summed E-state index contributed by atoms with van der Waals surface area (Å²) in [6.45, 7) is 0. The summed E-state index contributed by atoms with van der Waals surface area (Å²) in [6.07, 6.45) is 0. The molecular formula is C12H9Br3N2O2. The summed E-state index contributed by atoms with van der Waals surface area (Å²) in [5.74, 6) is 1.85. The van der Waals surface area contributed by atoms with Crippen molar-refractivity contribution in [2.45, 2.75) is 0 Å². The van der Waals surface area contributed by atoms with Crippen molar-refractivity contribution in [2.75, 3.05) is 14.2 Å². The molecule has 0 aliphatic rings. The highest BCUT2D eigenvalue weighted by atomic mass is 79.9. The zero-order valence-corrected chi connectivity index (χ0v) is 14.8. The Morgan fingerprint density at radius 2 is 1.37 bits per heavy atom. The van der Waals surface area contributed by atoms with E-state index in [4.69, 9.17) is 9.47 Å². The van der Waals surface area contributed by atoms with Crippen molar-refractivity contribution in [3.05, 3.63) is 31.9 Å². The van der Waals surface area contributed by atoms with E-state index in [1.54, 1.807) is 20.3 Å². The molecule has 0 saturated carbocycles. The lowest BCUT2D eigenvalue weighted by Gasteiger charge is -2.11. The van der Waals surface area contributed by atoms with E-state index in [1.807, 2.05) is 12.1 Å². The SMILES string of the molecule is COc1cc(Br)c(-c2nc(Br)cc(Br)n2)cc1OC. The average molecular weight is 453 g/mol. The van der Waals surface area contributed by atoms with Crippen LogP contribution in [0.2, 0.25) is 0 Å². The van der Waals surface area contributed by atoms with Gasteiger partial charge < -0.3 is 9.47 Å². The van der Waals surface area contributed by atoms with E-state index >= 15 is 0 Å². The number of rotatable bonds is 3. The van der Waals surface area contributed by atoms with Gasteiger partial charge in [0.2, 0.25) is 0 Å². The van der Waals surface area contributed by atoms with Crippen LogP contribution in [0.5, 0.6) is 11.5 Å². The molecule has 0 aliphatic carbocycles. The zero-order valence-electron chi connectivity index (χ0n) is 10.1. The minimum absolute atomic E-state index is 0.578. The van der Waals surface area contributed by atoms with Gasteiger partial charge in [-0.2, -0.15) is 0 Å². The second-order valence-corrected chi connectivity index (χ2v) is 6.00. The Labute approximate surface area is 135 Å². The molecule has 1 aromatic carbocycles. The number of nitrogens with zero attached hydrogens (tertiary/aromatic N) is 2. The third-order valence-electron chi connectivity index (χ3n) is 2.38. The molecule has 0 spiro atoms. The molecule has 2 aromatic rings. The van der Waals surface area contributed by atoms with E-state index in [0.717, 1.165) is 10.0 Å². The molecule has 100 valence electrons. The average Bonchev–Trinajstić information content (AvgIpc) is 2.37. The first kappa shape index (κ1) is 14.7. The second kappa shape index (κ2) is 6.19. The number of ether oxygens (including phenoxy) is 2. The summed E-state index contributed by atoms with van der Waals surface area (Å²) in [6, 6.07) is 5.43. The number of aromatic nitrogens is 2. The van der Waals surface area contributed by atoms with E-state index in [2.05, 4.69) is 57.8 Å². The largest absolute Gasteiger partial charge is 0.493 e. The fourth-order valence-electron chi connectivity index (χ4n) is 1.54. The second-order valence-electron chi connectivity index (χ2n) is 3.52. The number of benzene rings is 1. The highest BCUT2D eigenvalue weighted by molar-refractivity contribution is 9.11. The Kier molecular flexibility index (Phi) is 4.81. The van der Waals surface area contributed by atoms with Crippen LogP contribution in [0.1, 0.15) is 0 Å². The van der Waals surface area contributed by atoms with Crippen LogP contribution in [0.15, 0.2) is 31.9 Å². The monoisotopic (exact) mass is 450 g/mol. The van der Waals surface area contributed by atoms with Crippen molar-refractivity contribution in [1.82, 2.24) is 9.97 Å². The maximum Gasteiger partial charge on any atom is 0.162 e. The van der Waals surface area contributed by atoms with Gasteiger partial charge in [0.15, 0.2) is 17.3 Å². The van der Waals surface area contributed by atoms with E-state index in [1.165, 1.54) is 0 Å². The van der Waals surface area contributed by atoms with Gasteiger partial charge in [-0.05, 0) is 59.9 Å². The van der Waals surface area contributed by atoms with Crippen LogP contribution in [-0.2, 0) is 0 Å². The van der Waals surface area contributed by atoms with Crippen LogP contribution in [0, 0.1) is 0 Å². The van der Waals surface area contributed by atoms with Gasteiger partial charge in [-0.15, -0.1) is 0 Å². The van der Waals surface area contributed by atoms with Crippen molar-refractivity contribution >= 4 is 47.8 Å². The van der Waals surface area contributed by atoms with Gasteiger partial charge in [0.1, 0.15) is 9.21 Å². The van der Waals surface area contributed by atoms with Gasteiger partial charge in [0.25, 0.3) is 0 Å². The molecule has 0 aliphatic heterocycles. The molecule has 0 N–H and O–H groups in total. The molecular weight excluding hydrogens is 444 g/mol. The molecule has 1 heterocycles. The van der Waals surface area contributed by atoms with Crippen LogP contribution in [0.4, 0.5) is 0 Å². The molecule has 7 heteroatoms. The summed E-state index contributed by atoms with van der Waals surface area (Å²) in [7, 11) is 3.18. The molecule has 0 atom stereocenters. The first-order valence-corrected chi connectivity index (χ1v) is 7.55. The van der Waals surface area contributed by atoms with Crippen LogP contribution < -0.4 is 9.47 Å². The molecule has 19 heavy (non-hydrogen) atoms. The summed E-state index contributed by atoms with van der Waals surface area (Å²) >= 11 is 10.2. The Bertz CT molecular complexity index is 600. The Morgan fingerprint density at radius 1 is 0.842 bits per heavy atom. The van der Waals surface area contributed by atoms with Gasteiger partial charge in [-0.3, -0.25) is 0 Å². The van der Waals surface area contributed by atoms with Crippen LogP contribution in [-0.4, -0.2) is 24.2 Å². The van der Waals surface area contributed by atoms with Crippen molar-refractivity contribution in [2.24, 2.45) is 0 Å². The highest BCUT2D eigenvalue weighted by Crippen LogP contribution is 2.37. The number of hydrogen-bond acceptors (Lipinski definition) is 4. The molecule has 0 bridgehead atoms. The summed E-state index contributed by atoms with van der Waals surface area (Å²) in [4.78, 5) is 8.69. The third kappa shape index (κ3) is 3.27. The number of hydrogen-bond donors (Lipinski definition) is 0. The number of halogens is 3. The summed E-state index contributed by atoms with van der Waals surface area (Å²) in [5, 5.41) is 0. The molecule has 0 amide bonds. The first-order valence-electron chi connectivity index (χ1n) is 5.17. The predicted octanol–water partition coefficient (Wildman–Crippen LogP) is 4.45. The van der Waals surface area contributed by atoms with E-state index in [0.29, 0.717) is 26.5 Å². The first-order chi connectivity index (χ1) is 9.05. The van der Waals surface area contributed by atoms with Crippen LogP contribution >= 0.6 is 47.8 Å². The molecule has 0 unspecified atom stereocenters. The lowest BCUT2D eigenvalue weighted by Crippen LogP contribution is -1.95. The Hall–Kier alpha value is -0.660. The van der Waals surface area contributed by atoms with Crippen molar-refractivity contribution in [3.63, 3.8) is 0 Å². The van der Waals surface area contributed by atoms with Crippen molar-refractivity contribution in [1.29, 1.82) is 0 Å².